The van der Waals surface area contributed by atoms with Crippen molar-refractivity contribution in [1.82, 2.24) is 0 Å². The maximum atomic E-state index is 12.0. The second-order valence-electron chi connectivity index (χ2n) is 21.6. The fraction of sp³-hybridized carbons (Fsp3) is 1.00. The molecule has 4 aliphatic heterocycles. The van der Waals surface area contributed by atoms with E-state index >= 15 is 0 Å². The molecule has 8 aliphatic rings. The van der Waals surface area contributed by atoms with Crippen molar-refractivity contribution in [1.29, 1.82) is 0 Å². The Balaban J connectivity index is 0.852. The van der Waals surface area contributed by atoms with Gasteiger partial charge in [-0.05, 0) is 97.7 Å². The van der Waals surface area contributed by atoms with Crippen LogP contribution in [0.5, 0.6) is 0 Å². The lowest BCUT2D eigenvalue weighted by Gasteiger charge is -2.62. The van der Waals surface area contributed by atoms with E-state index in [0.717, 1.165) is 32.1 Å². The fourth-order valence-corrected chi connectivity index (χ4v) is 14.2. The van der Waals surface area contributed by atoms with Gasteiger partial charge in [0.1, 0.15) is 73.2 Å². The summed E-state index contributed by atoms with van der Waals surface area (Å²) in [5.74, 6) is -0.0721. The third kappa shape index (κ3) is 8.89. The molecule has 0 aromatic rings. The first-order valence-electron chi connectivity index (χ1n) is 23.9. The number of aliphatic hydroxyl groups excluding tert-OH is 12. The molecule has 0 bridgehead atoms. The normalized spacial score (nSPS) is 56.1. The van der Waals surface area contributed by atoms with Crippen LogP contribution in [0, 0.1) is 52.3 Å². The second-order valence-corrected chi connectivity index (χ2v) is 21.6. The van der Waals surface area contributed by atoms with E-state index in [0.29, 0.717) is 43.4 Å². The van der Waals surface area contributed by atoms with Crippen molar-refractivity contribution in [2.45, 2.75) is 202 Å². The van der Waals surface area contributed by atoms with E-state index in [1.54, 1.807) is 0 Å². The van der Waals surface area contributed by atoms with Crippen LogP contribution in [0.2, 0.25) is 0 Å². The van der Waals surface area contributed by atoms with Crippen molar-refractivity contribution >= 4 is 0 Å². The Labute approximate surface area is 379 Å². The summed E-state index contributed by atoms with van der Waals surface area (Å²) < 4.78 is 41.2. The molecule has 20 nitrogen and oxygen atoms in total. The average Bonchev–Trinajstić information content (AvgIpc) is 3.72. The number of aliphatic hydroxyl groups is 13. The summed E-state index contributed by atoms with van der Waals surface area (Å²) in [4.78, 5) is 0. The molecule has 28 atom stereocenters. The van der Waals surface area contributed by atoms with Crippen molar-refractivity contribution in [3.8, 4) is 0 Å². The summed E-state index contributed by atoms with van der Waals surface area (Å²) in [5, 5.41) is 137. The predicted octanol–water partition coefficient (Wildman–Crippen LogP) is -2.81. The van der Waals surface area contributed by atoms with Crippen LogP contribution in [-0.4, -0.2) is 209 Å². The highest BCUT2D eigenvalue weighted by Gasteiger charge is 2.69. The minimum absolute atomic E-state index is 0.0569. The largest absolute Gasteiger partial charge is 0.394 e. The number of fused-ring (bicyclic) bond motifs is 7. The second kappa shape index (κ2) is 19.4. The van der Waals surface area contributed by atoms with Crippen LogP contribution in [0.15, 0.2) is 0 Å². The number of ether oxygens (including phenoxy) is 7. The third-order valence-corrected chi connectivity index (χ3v) is 18.0. The van der Waals surface area contributed by atoms with Crippen LogP contribution >= 0.6 is 0 Å². The molecule has 4 heterocycles. The Kier molecular flexibility index (Phi) is 15.1. The van der Waals surface area contributed by atoms with E-state index in [1.807, 2.05) is 6.92 Å². The van der Waals surface area contributed by atoms with E-state index < -0.39 is 130 Å². The monoisotopic (exact) mass is 936 g/mol. The van der Waals surface area contributed by atoms with Gasteiger partial charge in [-0.1, -0.05) is 27.7 Å². The lowest BCUT2D eigenvalue weighted by molar-refractivity contribution is -0.366. The molecule has 0 spiro atoms. The molecule has 0 unspecified atom stereocenters. The summed E-state index contributed by atoms with van der Waals surface area (Å²) >= 11 is 0. The zero-order valence-corrected chi connectivity index (χ0v) is 37.8. The van der Waals surface area contributed by atoms with Crippen molar-refractivity contribution in [3.63, 3.8) is 0 Å². The molecule has 65 heavy (non-hydrogen) atoms. The minimum Gasteiger partial charge on any atom is -0.394 e. The zero-order chi connectivity index (χ0) is 47.1. The van der Waals surface area contributed by atoms with Gasteiger partial charge in [-0.15, -0.1) is 0 Å². The van der Waals surface area contributed by atoms with Crippen LogP contribution < -0.4 is 0 Å². The van der Waals surface area contributed by atoms with E-state index in [4.69, 9.17) is 33.2 Å². The van der Waals surface area contributed by atoms with Crippen molar-refractivity contribution < 1.29 is 99.5 Å². The standard InChI is InChI=1S/C45H76O20/c1-18(17-59-40-36(55)33(52)31(50)27(14-46)61-40)7-10-45(58)19(2)30-26(65-45)12-23-21-6-5-20-11-25(24(49)13-44(20,4)22(21)8-9-43(23,30)3)60-41-38(57)35(54)39(29(16-48)63-41)64-42-37(56)34(53)32(51)28(15-47)62-42/h18-42,46-58H,5-17H2,1-4H3/t18-,19+,20+,21-,22+,23+,24-,25-,26+,27-,28-,29-,30+,31-,32-,33+,34+,35-,36-,37-,38-,39+,40-,41-,42+,43+,44+,45-/m1/s1. The number of hydrogen-bond acceptors (Lipinski definition) is 20. The van der Waals surface area contributed by atoms with E-state index in [1.165, 1.54) is 0 Å². The van der Waals surface area contributed by atoms with Crippen molar-refractivity contribution in [3.05, 3.63) is 0 Å². The molecule has 0 aromatic heterocycles. The minimum atomic E-state index is -1.78. The smallest absolute Gasteiger partial charge is 0.187 e. The highest BCUT2D eigenvalue weighted by atomic mass is 16.7. The molecule has 13 N–H and O–H groups in total. The highest BCUT2D eigenvalue weighted by molar-refractivity contribution is 5.15. The van der Waals surface area contributed by atoms with Gasteiger partial charge in [0, 0.05) is 12.3 Å². The number of rotatable bonds is 13. The summed E-state index contributed by atoms with van der Waals surface area (Å²) in [6.45, 7) is 6.91. The Morgan fingerprint density at radius 2 is 1.23 bits per heavy atom. The maximum absolute atomic E-state index is 12.0. The van der Waals surface area contributed by atoms with Crippen LogP contribution in [0.4, 0.5) is 0 Å². The zero-order valence-electron chi connectivity index (χ0n) is 37.8. The summed E-state index contributed by atoms with van der Waals surface area (Å²) in [7, 11) is 0. The third-order valence-electron chi connectivity index (χ3n) is 18.0. The summed E-state index contributed by atoms with van der Waals surface area (Å²) in [5.41, 5.74) is -0.260. The van der Waals surface area contributed by atoms with Gasteiger partial charge < -0.3 is 99.5 Å². The molecule has 20 heteroatoms. The Bertz CT molecular complexity index is 1590. The predicted molar refractivity (Wildman–Crippen MR) is 220 cm³/mol. The molecule has 0 aromatic carbocycles. The maximum Gasteiger partial charge on any atom is 0.187 e. The molecule has 4 aliphatic carbocycles. The first-order valence-corrected chi connectivity index (χ1v) is 23.9. The van der Waals surface area contributed by atoms with Gasteiger partial charge in [0.05, 0.1) is 44.7 Å². The lowest BCUT2D eigenvalue weighted by atomic mass is 9.44. The van der Waals surface area contributed by atoms with Crippen molar-refractivity contribution in [2.24, 2.45) is 52.3 Å². The molecule has 376 valence electrons. The Morgan fingerprint density at radius 1 is 0.646 bits per heavy atom. The Hall–Kier alpha value is -0.800. The number of hydrogen-bond donors (Lipinski definition) is 13. The van der Waals surface area contributed by atoms with Gasteiger partial charge in [-0.3, -0.25) is 0 Å². The van der Waals surface area contributed by atoms with E-state index in [2.05, 4.69) is 20.8 Å². The van der Waals surface area contributed by atoms with Crippen LogP contribution in [0.25, 0.3) is 0 Å². The molecular weight excluding hydrogens is 860 g/mol. The first-order chi connectivity index (χ1) is 30.7. The molecular formula is C45H76O20. The van der Waals surface area contributed by atoms with Crippen LogP contribution in [0.3, 0.4) is 0 Å². The lowest BCUT2D eigenvalue weighted by Crippen LogP contribution is -2.65. The SMILES string of the molecule is C[C@H](CC[C@@]1(O)O[C@H]2C[C@H]3[C@@H]4CC[C@H]5C[C@@H](O[C@@H]6O[C@H](CO)[C@H](O[C@@H]7O[C@H](CO)[C@@H](O)[C@H](O)[C@H]7O)[C@H](O)[C@H]6O)[C@H](O)C[C@]5(C)[C@H]4CC[C@]3(C)[C@H]2[C@@H]1C)CO[C@@H]1O[C@H](CO)[C@@H](O)[C@H](O)[C@H]1O. The van der Waals surface area contributed by atoms with Crippen molar-refractivity contribution in [2.75, 3.05) is 26.4 Å². The molecule has 4 saturated carbocycles. The molecule has 8 rings (SSSR count). The van der Waals surface area contributed by atoms with Gasteiger partial charge in [0.15, 0.2) is 24.7 Å². The first kappa shape index (κ1) is 50.6. The van der Waals surface area contributed by atoms with E-state index in [-0.39, 0.29) is 47.2 Å². The average molecular weight is 937 g/mol. The Morgan fingerprint density at radius 3 is 1.88 bits per heavy atom. The van der Waals surface area contributed by atoms with Crippen LogP contribution in [0.1, 0.15) is 85.5 Å². The van der Waals surface area contributed by atoms with Gasteiger partial charge in [-0.25, -0.2) is 0 Å². The van der Waals surface area contributed by atoms with Crippen LogP contribution in [-0.2, 0) is 33.2 Å². The van der Waals surface area contributed by atoms with Gasteiger partial charge in [-0.2, -0.15) is 0 Å². The van der Waals surface area contributed by atoms with E-state index in [9.17, 15) is 66.4 Å². The quantitative estimate of drug-likeness (QED) is 0.0829. The van der Waals surface area contributed by atoms with Gasteiger partial charge in [0.25, 0.3) is 0 Å². The van der Waals surface area contributed by atoms with Gasteiger partial charge >= 0.3 is 0 Å². The molecule has 8 fully saturated rings. The fourth-order valence-electron chi connectivity index (χ4n) is 14.2. The van der Waals surface area contributed by atoms with Gasteiger partial charge in [0.2, 0.25) is 0 Å². The summed E-state index contributed by atoms with van der Waals surface area (Å²) in [6, 6.07) is 0. The molecule has 0 radical (unpaired) electrons. The highest BCUT2D eigenvalue weighted by Crippen LogP contribution is 2.71. The molecule has 0 amide bonds. The molecule has 4 saturated heterocycles. The summed E-state index contributed by atoms with van der Waals surface area (Å²) in [6.07, 6.45) is -17.7. The topological polar surface area (TPSA) is 328 Å².